The van der Waals surface area contributed by atoms with Crippen molar-refractivity contribution in [1.82, 2.24) is 9.97 Å². The summed E-state index contributed by atoms with van der Waals surface area (Å²) in [6, 6.07) is 1.90. The third-order valence-electron chi connectivity index (χ3n) is 1.74. The molecule has 0 amide bonds. The molecule has 0 aliphatic heterocycles. The van der Waals surface area contributed by atoms with E-state index in [2.05, 4.69) is 14.7 Å². The predicted molar refractivity (Wildman–Crippen MR) is 53.2 cm³/mol. The molecule has 0 atom stereocenters. The van der Waals surface area contributed by atoms with Crippen LogP contribution in [0.2, 0.25) is 0 Å². The Balaban J connectivity index is 2.31. The summed E-state index contributed by atoms with van der Waals surface area (Å²) in [5, 5.41) is 2.50. The van der Waals surface area contributed by atoms with Gasteiger partial charge in [0.05, 0.1) is 7.11 Å². The van der Waals surface area contributed by atoms with Gasteiger partial charge in [0.1, 0.15) is 5.01 Å². The number of ether oxygens (including phenoxy) is 1. The van der Waals surface area contributed by atoms with Gasteiger partial charge in [0, 0.05) is 23.3 Å². The van der Waals surface area contributed by atoms with Gasteiger partial charge < -0.3 is 9.72 Å². The van der Waals surface area contributed by atoms with Crippen LogP contribution in [0.3, 0.4) is 0 Å². The minimum atomic E-state index is -0.400. The van der Waals surface area contributed by atoms with E-state index in [1.165, 1.54) is 18.4 Å². The first-order valence-corrected chi connectivity index (χ1v) is 4.86. The van der Waals surface area contributed by atoms with Gasteiger partial charge in [-0.1, -0.05) is 0 Å². The Labute approximate surface area is 84.6 Å². The van der Waals surface area contributed by atoms with E-state index in [9.17, 15) is 4.79 Å². The van der Waals surface area contributed by atoms with Crippen molar-refractivity contribution in [2.75, 3.05) is 7.11 Å². The van der Waals surface area contributed by atoms with Crippen LogP contribution in [0.4, 0.5) is 0 Å². The zero-order valence-electron chi connectivity index (χ0n) is 7.48. The Morgan fingerprint density at radius 2 is 2.50 bits per heavy atom. The van der Waals surface area contributed by atoms with Crippen LogP contribution in [0.5, 0.6) is 0 Å². The molecular weight excluding hydrogens is 200 g/mol. The molecule has 0 unspecified atom stereocenters. The molecule has 2 heterocycles. The third kappa shape index (κ3) is 1.54. The van der Waals surface area contributed by atoms with Gasteiger partial charge in [-0.15, -0.1) is 11.3 Å². The molecule has 14 heavy (non-hydrogen) atoms. The van der Waals surface area contributed by atoms with E-state index in [0.717, 1.165) is 10.6 Å². The molecule has 5 heteroatoms. The minimum absolute atomic E-state index is 0.355. The largest absolute Gasteiger partial charge is 0.464 e. The second-order valence-electron chi connectivity index (χ2n) is 2.63. The van der Waals surface area contributed by atoms with Crippen molar-refractivity contribution in [3.8, 4) is 10.6 Å². The van der Waals surface area contributed by atoms with Crippen molar-refractivity contribution >= 4 is 17.3 Å². The quantitative estimate of drug-likeness (QED) is 0.767. The lowest BCUT2D eigenvalue weighted by Gasteiger charge is -1.91. The first-order valence-electron chi connectivity index (χ1n) is 3.98. The molecule has 0 aliphatic carbocycles. The van der Waals surface area contributed by atoms with Crippen LogP contribution < -0.4 is 0 Å². The number of aromatic amines is 1. The number of rotatable bonds is 2. The zero-order chi connectivity index (χ0) is 9.97. The van der Waals surface area contributed by atoms with Crippen LogP contribution in [0.15, 0.2) is 23.8 Å². The number of nitrogens with zero attached hydrogens (tertiary/aromatic N) is 1. The van der Waals surface area contributed by atoms with E-state index < -0.39 is 5.97 Å². The highest BCUT2D eigenvalue weighted by Crippen LogP contribution is 2.23. The molecule has 0 bridgehead atoms. The second-order valence-corrected chi connectivity index (χ2v) is 3.49. The fourth-order valence-electron chi connectivity index (χ4n) is 1.06. The average Bonchev–Trinajstić information content (AvgIpc) is 2.86. The molecule has 2 aromatic heterocycles. The maximum atomic E-state index is 11.1. The summed E-state index contributed by atoms with van der Waals surface area (Å²) in [7, 11) is 1.34. The van der Waals surface area contributed by atoms with Gasteiger partial charge in [0.15, 0.2) is 5.69 Å². The number of H-pyrrole nitrogens is 1. The number of aromatic nitrogens is 2. The highest BCUT2D eigenvalue weighted by Gasteiger charge is 2.11. The molecule has 0 aromatic carbocycles. The van der Waals surface area contributed by atoms with Crippen LogP contribution in [0.1, 0.15) is 10.5 Å². The summed E-state index contributed by atoms with van der Waals surface area (Å²) in [4.78, 5) is 18.2. The van der Waals surface area contributed by atoms with E-state index in [0.29, 0.717) is 5.69 Å². The second kappa shape index (κ2) is 3.63. The molecule has 2 aromatic rings. The minimum Gasteiger partial charge on any atom is -0.464 e. The summed E-state index contributed by atoms with van der Waals surface area (Å²) < 4.78 is 4.56. The summed E-state index contributed by atoms with van der Waals surface area (Å²) >= 11 is 1.42. The van der Waals surface area contributed by atoms with Crippen molar-refractivity contribution < 1.29 is 9.53 Å². The van der Waals surface area contributed by atoms with Crippen molar-refractivity contribution in [3.63, 3.8) is 0 Å². The monoisotopic (exact) mass is 208 g/mol. The summed E-state index contributed by atoms with van der Waals surface area (Å²) in [5.41, 5.74) is 1.33. The van der Waals surface area contributed by atoms with Gasteiger partial charge in [-0.2, -0.15) is 0 Å². The van der Waals surface area contributed by atoms with Gasteiger partial charge >= 0.3 is 5.97 Å². The Bertz CT molecular complexity index is 433. The maximum Gasteiger partial charge on any atom is 0.357 e. The van der Waals surface area contributed by atoms with Crippen molar-refractivity contribution in [3.05, 3.63) is 29.5 Å². The molecule has 1 N–H and O–H groups in total. The van der Waals surface area contributed by atoms with Gasteiger partial charge in [0.25, 0.3) is 0 Å². The molecule has 0 radical (unpaired) electrons. The van der Waals surface area contributed by atoms with Crippen LogP contribution in [0.25, 0.3) is 10.6 Å². The maximum absolute atomic E-state index is 11.1. The molecule has 72 valence electrons. The van der Waals surface area contributed by atoms with E-state index in [4.69, 9.17) is 0 Å². The number of thiazole rings is 1. The van der Waals surface area contributed by atoms with E-state index >= 15 is 0 Å². The van der Waals surface area contributed by atoms with Gasteiger partial charge in [-0.25, -0.2) is 9.78 Å². The number of methoxy groups -OCH3 is 1. The fraction of sp³-hybridized carbons (Fsp3) is 0.111. The van der Waals surface area contributed by atoms with Crippen LogP contribution in [-0.2, 0) is 4.74 Å². The number of nitrogens with one attached hydrogen (secondary N) is 1. The zero-order valence-corrected chi connectivity index (χ0v) is 8.30. The lowest BCUT2D eigenvalue weighted by molar-refractivity contribution is 0.0595. The normalized spacial score (nSPS) is 10.1. The Morgan fingerprint density at radius 1 is 1.64 bits per heavy atom. The topological polar surface area (TPSA) is 55.0 Å². The van der Waals surface area contributed by atoms with Gasteiger partial charge in [0.2, 0.25) is 0 Å². The highest BCUT2D eigenvalue weighted by atomic mass is 32.1. The lowest BCUT2D eigenvalue weighted by Crippen LogP contribution is -2.00. The van der Waals surface area contributed by atoms with Crippen LogP contribution in [-0.4, -0.2) is 23.0 Å². The molecule has 4 nitrogen and oxygen atoms in total. The van der Waals surface area contributed by atoms with E-state index in [1.807, 2.05) is 18.5 Å². The average molecular weight is 208 g/mol. The van der Waals surface area contributed by atoms with Crippen LogP contribution >= 0.6 is 11.3 Å². The molecule has 2 rings (SSSR count). The summed E-state index contributed by atoms with van der Waals surface area (Å²) in [6.45, 7) is 0. The van der Waals surface area contributed by atoms with Crippen molar-refractivity contribution in [1.29, 1.82) is 0 Å². The summed E-state index contributed by atoms with van der Waals surface area (Å²) in [6.07, 6.45) is 3.65. The van der Waals surface area contributed by atoms with E-state index in [1.54, 1.807) is 5.38 Å². The van der Waals surface area contributed by atoms with E-state index in [-0.39, 0.29) is 0 Å². The number of esters is 1. The molecule has 0 aliphatic rings. The standard InChI is InChI=1S/C9H8N2O2S/c1-13-9(12)7-5-14-8(11-7)6-2-3-10-4-6/h2-5,10H,1H3. The number of carbonyl (C=O) groups excluding carboxylic acids is 1. The first kappa shape index (κ1) is 8.96. The van der Waals surface area contributed by atoms with Crippen molar-refractivity contribution in [2.45, 2.75) is 0 Å². The smallest absolute Gasteiger partial charge is 0.357 e. The Morgan fingerprint density at radius 3 is 3.14 bits per heavy atom. The number of hydrogen-bond acceptors (Lipinski definition) is 4. The van der Waals surface area contributed by atoms with Gasteiger partial charge in [-0.05, 0) is 6.07 Å². The predicted octanol–water partition coefficient (Wildman–Crippen LogP) is 1.92. The first-order chi connectivity index (χ1) is 6.81. The fourth-order valence-corrected chi connectivity index (χ4v) is 1.85. The van der Waals surface area contributed by atoms with Gasteiger partial charge in [-0.3, -0.25) is 0 Å². The lowest BCUT2D eigenvalue weighted by atomic mass is 10.3. The molecule has 0 saturated carbocycles. The molecule has 0 spiro atoms. The third-order valence-corrected chi connectivity index (χ3v) is 2.63. The Hall–Kier alpha value is -1.62. The van der Waals surface area contributed by atoms with Crippen molar-refractivity contribution in [2.24, 2.45) is 0 Å². The highest BCUT2D eigenvalue weighted by molar-refractivity contribution is 7.13. The number of hydrogen-bond donors (Lipinski definition) is 1. The Kier molecular flexibility index (Phi) is 2.32. The summed E-state index contributed by atoms with van der Waals surface area (Å²) in [5.74, 6) is -0.400. The SMILES string of the molecule is COC(=O)c1csc(-c2cc[nH]c2)n1. The number of carbonyl (C=O) groups is 1. The van der Waals surface area contributed by atoms with Crippen LogP contribution in [0, 0.1) is 0 Å². The molecular formula is C9H8N2O2S. The molecule has 0 fully saturated rings. The molecule has 0 saturated heterocycles.